The molecule has 1 aromatic rings. The van der Waals surface area contributed by atoms with E-state index in [4.69, 9.17) is 9.47 Å². The average molecular weight is 389 g/mol. The number of nitrogens with zero attached hydrogens (tertiary/aromatic N) is 1. The van der Waals surface area contributed by atoms with E-state index in [1.807, 2.05) is 18.2 Å². The van der Waals surface area contributed by atoms with Crippen molar-refractivity contribution in [1.82, 2.24) is 10.2 Å². The Bertz CT molecular complexity index is 715. The molecule has 0 saturated carbocycles. The molecule has 28 heavy (non-hydrogen) atoms. The molecule has 0 fully saturated rings. The molecule has 0 saturated heterocycles. The molecule has 2 amide bonds. The summed E-state index contributed by atoms with van der Waals surface area (Å²) in [4.78, 5) is 26.5. The van der Waals surface area contributed by atoms with Gasteiger partial charge in [0.2, 0.25) is 11.8 Å². The van der Waals surface area contributed by atoms with E-state index in [0.29, 0.717) is 24.0 Å². The maximum Gasteiger partial charge on any atom is 0.240 e. The van der Waals surface area contributed by atoms with Gasteiger partial charge in [0, 0.05) is 12.7 Å². The lowest BCUT2D eigenvalue weighted by Gasteiger charge is -2.19. The molecule has 0 aromatic heterocycles. The van der Waals surface area contributed by atoms with Crippen LogP contribution in [0.3, 0.4) is 0 Å². The second-order valence-corrected chi connectivity index (χ2v) is 7.14. The van der Waals surface area contributed by atoms with E-state index in [0.717, 1.165) is 30.4 Å². The number of carbonyl (C=O) groups is 2. The molecule has 2 rings (SSSR count). The van der Waals surface area contributed by atoms with Crippen LogP contribution in [0.5, 0.6) is 11.5 Å². The van der Waals surface area contributed by atoms with Gasteiger partial charge in [0.25, 0.3) is 0 Å². The van der Waals surface area contributed by atoms with Gasteiger partial charge < -0.3 is 19.7 Å². The van der Waals surface area contributed by atoms with Crippen molar-refractivity contribution in [2.45, 2.75) is 46.0 Å². The fourth-order valence-corrected chi connectivity index (χ4v) is 3.32. The molecule has 0 bridgehead atoms. The van der Waals surface area contributed by atoms with Crippen LogP contribution in [-0.2, 0) is 16.0 Å². The summed E-state index contributed by atoms with van der Waals surface area (Å²) in [6.07, 6.45) is 8.22. The zero-order chi connectivity index (χ0) is 20.5. The third kappa shape index (κ3) is 5.75. The number of benzene rings is 1. The summed E-state index contributed by atoms with van der Waals surface area (Å²) in [5, 5.41) is 2.98. The minimum Gasteiger partial charge on any atom is -0.493 e. The van der Waals surface area contributed by atoms with Gasteiger partial charge in [0.1, 0.15) is 6.54 Å². The molecule has 1 aromatic carbocycles. The van der Waals surface area contributed by atoms with Crippen molar-refractivity contribution in [1.29, 1.82) is 0 Å². The number of nitrogens with one attached hydrogen (secondary N) is 1. The number of unbranched alkanes of at least 4 members (excludes halogenated alkanes) is 1. The number of amides is 2. The van der Waals surface area contributed by atoms with E-state index in [9.17, 15) is 9.59 Å². The topological polar surface area (TPSA) is 67.9 Å². The average Bonchev–Trinajstić information content (AvgIpc) is 2.85. The van der Waals surface area contributed by atoms with Gasteiger partial charge in [-0.25, -0.2) is 0 Å². The highest BCUT2D eigenvalue weighted by atomic mass is 16.5. The van der Waals surface area contributed by atoms with Crippen molar-refractivity contribution < 1.29 is 19.1 Å². The van der Waals surface area contributed by atoms with Crippen molar-refractivity contribution >= 4 is 17.9 Å². The predicted molar refractivity (Wildman–Crippen MR) is 110 cm³/mol. The number of hydrogen-bond acceptors (Lipinski definition) is 4. The molecule has 1 aliphatic heterocycles. The number of carbonyl (C=O) groups excluding carboxylic acids is 2. The third-order valence-electron chi connectivity index (χ3n) is 5.19. The van der Waals surface area contributed by atoms with Crippen LogP contribution in [-0.4, -0.2) is 44.0 Å². The normalized spacial score (nSPS) is 14.3. The first-order chi connectivity index (χ1) is 13.5. The smallest absolute Gasteiger partial charge is 0.240 e. The molecule has 1 atom stereocenters. The van der Waals surface area contributed by atoms with Gasteiger partial charge in [-0.3, -0.25) is 9.59 Å². The Morgan fingerprint density at radius 2 is 1.93 bits per heavy atom. The van der Waals surface area contributed by atoms with Crippen LogP contribution >= 0.6 is 0 Å². The van der Waals surface area contributed by atoms with Crippen LogP contribution in [0.2, 0.25) is 0 Å². The van der Waals surface area contributed by atoms with E-state index >= 15 is 0 Å². The zero-order valence-electron chi connectivity index (χ0n) is 17.4. The van der Waals surface area contributed by atoms with Gasteiger partial charge in [-0.2, -0.15) is 0 Å². The molecule has 6 nitrogen and oxygen atoms in total. The van der Waals surface area contributed by atoms with Gasteiger partial charge >= 0.3 is 0 Å². The zero-order valence-corrected chi connectivity index (χ0v) is 17.4. The third-order valence-corrected chi connectivity index (χ3v) is 5.19. The number of methoxy groups -OCH3 is 2. The minimum absolute atomic E-state index is 0.0296. The van der Waals surface area contributed by atoms with Gasteiger partial charge in [-0.1, -0.05) is 33.1 Å². The molecular formula is C22H32N2O4. The van der Waals surface area contributed by atoms with E-state index in [-0.39, 0.29) is 24.8 Å². The summed E-state index contributed by atoms with van der Waals surface area (Å²) in [7, 11) is 3.15. The first-order valence-corrected chi connectivity index (χ1v) is 10.0. The van der Waals surface area contributed by atoms with Crippen molar-refractivity contribution in [3.8, 4) is 11.5 Å². The van der Waals surface area contributed by atoms with Crippen molar-refractivity contribution in [3.63, 3.8) is 0 Å². The molecule has 1 aliphatic rings. The molecular weight excluding hydrogens is 356 g/mol. The summed E-state index contributed by atoms with van der Waals surface area (Å²) in [5.74, 6) is 1.45. The molecule has 0 aliphatic carbocycles. The van der Waals surface area contributed by atoms with Crippen molar-refractivity contribution in [2.24, 2.45) is 5.92 Å². The van der Waals surface area contributed by atoms with Crippen LogP contribution < -0.4 is 14.8 Å². The maximum absolute atomic E-state index is 12.6. The quantitative estimate of drug-likeness (QED) is 0.667. The number of hydrogen-bond donors (Lipinski definition) is 1. The second-order valence-electron chi connectivity index (χ2n) is 7.14. The summed E-state index contributed by atoms with van der Waals surface area (Å²) in [6, 6.07) is 3.67. The number of ether oxygens (including phenoxy) is 2. The monoisotopic (exact) mass is 388 g/mol. The highest BCUT2D eigenvalue weighted by Crippen LogP contribution is 2.32. The Morgan fingerprint density at radius 3 is 2.57 bits per heavy atom. The van der Waals surface area contributed by atoms with Crippen LogP contribution in [0.1, 0.15) is 50.7 Å². The van der Waals surface area contributed by atoms with Crippen molar-refractivity contribution in [3.05, 3.63) is 29.5 Å². The summed E-state index contributed by atoms with van der Waals surface area (Å²) in [6.45, 7) is 5.01. The van der Waals surface area contributed by atoms with Crippen molar-refractivity contribution in [2.75, 3.05) is 27.3 Å². The Hall–Kier alpha value is -2.50. The fourth-order valence-electron chi connectivity index (χ4n) is 3.32. The Balaban J connectivity index is 2.00. The standard InChI is InChI=1S/C22H32N2O4/c1-5-7-8-16(6-2)14-23-21(25)15-24-10-9-17-11-19(27-3)20(28-4)12-18(17)13-22(24)26/h9-12,16H,5-8,13-15H2,1-4H3,(H,23,25). The predicted octanol–water partition coefficient (Wildman–Crippen LogP) is 3.39. The lowest BCUT2D eigenvalue weighted by atomic mass is 9.99. The van der Waals surface area contributed by atoms with Gasteiger partial charge in [0.15, 0.2) is 11.5 Å². The fraction of sp³-hybridized carbons (Fsp3) is 0.545. The summed E-state index contributed by atoms with van der Waals surface area (Å²) >= 11 is 0. The molecule has 154 valence electrons. The largest absolute Gasteiger partial charge is 0.493 e. The lowest BCUT2D eigenvalue weighted by molar-refractivity contribution is -0.132. The highest BCUT2D eigenvalue weighted by molar-refractivity contribution is 5.89. The van der Waals surface area contributed by atoms with E-state index < -0.39 is 0 Å². The maximum atomic E-state index is 12.6. The SMILES string of the molecule is CCCCC(CC)CNC(=O)CN1C=Cc2cc(OC)c(OC)cc2CC1=O. The van der Waals surface area contributed by atoms with E-state index in [2.05, 4.69) is 19.2 Å². The van der Waals surface area contributed by atoms with Crippen LogP contribution in [0.25, 0.3) is 6.08 Å². The molecule has 0 radical (unpaired) electrons. The molecule has 0 spiro atoms. The Kier molecular flexibility index (Phi) is 8.36. The molecule has 6 heteroatoms. The summed E-state index contributed by atoms with van der Waals surface area (Å²) < 4.78 is 10.7. The number of rotatable bonds is 10. The van der Waals surface area contributed by atoms with Crippen LogP contribution in [0.4, 0.5) is 0 Å². The highest BCUT2D eigenvalue weighted by Gasteiger charge is 2.21. The second kappa shape index (κ2) is 10.7. The minimum atomic E-state index is -0.130. The lowest BCUT2D eigenvalue weighted by Crippen LogP contribution is -2.39. The molecule has 1 heterocycles. The molecule has 1 N–H and O–H groups in total. The van der Waals surface area contributed by atoms with Gasteiger partial charge in [-0.15, -0.1) is 0 Å². The van der Waals surface area contributed by atoms with Gasteiger partial charge in [-0.05, 0) is 41.7 Å². The number of fused-ring (bicyclic) bond motifs is 1. The Labute approximate surface area is 167 Å². The Morgan fingerprint density at radius 1 is 1.21 bits per heavy atom. The first kappa shape index (κ1) is 21.8. The summed E-state index contributed by atoms with van der Waals surface area (Å²) in [5.41, 5.74) is 1.74. The van der Waals surface area contributed by atoms with Crippen LogP contribution in [0, 0.1) is 5.92 Å². The van der Waals surface area contributed by atoms with E-state index in [1.165, 1.54) is 11.3 Å². The van der Waals surface area contributed by atoms with E-state index in [1.54, 1.807) is 20.4 Å². The van der Waals surface area contributed by atoms with Gasteiger partial charge in [0.05, 0.1) is 20.6 Å². The molecule has 1 unspecified atom stereocenters. The first-order valence-electron chi connectivity index (χ1n) is 10.0. The van der Waals surface area contributed by atoms with Crippen LogP contribution in [0.15, 0.2) is 18.3 Å².